The summed E-state index contributed by atoms with van der Waals surface area (Å²) in [5.74, 6) is 0.931. The number of hydrogen-bond donors (Lipinski definition) is 2. The van der Waals surface area contributed by atoms with Crippen LogP contribution < -0.4 is 10.9 Å². The third-order valence-corrected chi connectivity index (χ3v) is 4.37. The lowest BCUT2D eigenvalue weighted by molar-refractivity contribution is 0.0952. The first-order valence-corrected chi connectivity index (χ1v) is 9.03. The van der Waals surface area contributed by atoms with E-state index in [1.165, 1.54) is 0 Å². The molecule has 2 heterocycles. The minimum absolute atomic E-state index is 0.122. The van der Waals surface area contributed by atoms with Gasteiger partial charge in [0.25, 0.3) is 11.5 Å². The number of amides is 1. The number of nitrogens with zero attached hydrogens (tertiary/aromatic N) is 3. The second-order valence-corrected chi connectivity index (χ2v) is 6.33. The number of aryl methyl sites for hydroxylation is 3. The molecule has 2 aromatic heterocycles. The van der Waals surface area contributed by atoms with Crippen LogP contribution in [0.1, 0.15) is 35.2 Å². The highest BCUT2D eigenvalue weighted by molar-refractivity contribution is 5.94. The first kappa shape index (κ1) is 18.6. The van der Waals surface area contributed by atoms with Crippen LogP contribution in [0.3, 0.4) is 0 Å². The predicted octanol–water partition coefficient (Wildman–Crippen LogP) is 2.32. The van der Waals surface area contributed by atoms with Crippen molar-refractivity contribution >= 4 is 5.91 Å². The maximum atomic E-state index is 12.3. The average Bonchev–Trinajstić information content (AvgIpc) is 3.14. The Balaban J connectivity index is 1.56. The minimum atomic E-state index is -0.247. The number of carbonyl (C=O) groups excluding carboxylic acids is 1. The van der Waals surface area contributed by atoms with E-state index in [9.17, 15) is 9.59 Å². The van der Waals surface area contributed by atoms with Gasteiger partial charge in [-0.3, -0.25) is 9.59 Å². The molecule has 1 amide bonds. The SMILES string of the molecule is CCc1nccn1CCCNC(=O)c1ccc(-c2cc(C)n[nH]c2=O)cc1. The van der Waals surface area contributed by atoms with Crippen LogP contribution in [0.2, 0.25) is 0 Å². The smallest absolute Gasteiger partial charge is 0.272 e. The van der Waals surface area contributed by atoms with Crippen LogP contribution >= 0.6 is 0 Å². The van der Waals surface area contributed by atoms with E-state index in [0.29, 0.717) is 17.7 Å². The van der Waals surface area contributed by atoms with Crippen molar-refractivity contribution in [2.45, 2.75) is 33.2 Å². The van der Waals surface area contributed by atoms with Gasteiger partial charge in [0, 0.05) is 37.5 Å². The molecule has 0 saturated heterocycles. The number of benzene rings is 1. The Bertz CT molecular complexity index is 973. The van der Waals surface area contributed by atoms with Gasteiger partial charge < -0.3 is 9.88 Å². The van der Waals surface area contributed by atoms with Crippen LogP contribution in [0.5, 0.6) is 0 Å². The Morgan fingerprint density at radius 3 is 2.78 bits per heavy atom. The van der Waals surface area contributed by atoms with Gasteiger partial charge in [0.15, 0.2) is 0 Å². The molecule has 0 unspecified atom stereocenters. The highest BCUT2D eigenvalue weighted by Gasteiger charge is 2.08. The molecular formula is C20H23N5O2. The van der Waals surface area contributed by atoms with Gasteiger partial charge in [0.2, 0.25) is 0 Å². The van der Waals surface area contributed by atoms with E-state index < -0.39 is 0 Å². The molecule has 7 heteroatoms. The molecule has 0 fully saturated rings. The lowest BCUT2D eigenvalue weighted by atomic mass is 10.0. The first-order valence-electron chi connectivity index (χ1n) is 9.03. The Morgan fingerprint density at radius 1 is 1.26 bits per heavy atom. The Labute approximate surface area is 157 Å². The van der Waals surface area contributed by atoms with E-state index >= 15 is 0 Å². The molecule has 0 aliphatic rings. The Morgan fingerprint density at radius 2 is 2.04 bits per heavy atom. The van der Waals surface area contributed by atoms with Gasteiger partial charge in [0.1, 0.15) is 5.82 Å². The van der Waals surface area contributed by atoms with Crippen molar-refractivity contribution in [3.63, 3.8) is 0 Å². The lowest BCUT2D eigenvalue weighted by Gasteiger charge is -2.08. The van der Waals surface area contributed by atoms with Gasteiger partial charge in [-0.05, 0) is 37.1 Å². The highest BCUT2D eigenvalue weighted by Crippen LogP contribution is 2.16. The van der Waals surface area contributed by atoms with Crippen LogP contribution in [0.4, 0.5) is 0 Å². The van der Waals surface area contributed by atoms with E-state index in [-0.39, 0.29) is 11.5 Å². The second-order valence-electron chi connectivity index (χ2n) is 6.33. The van der Waals surface area contributed by atoms with Gasteiger partial charge in [-0.1, -0.05) is 19.1 Å². The first-order chi connectivity index (χ1) is 13.1. The van der Waals surface area contributed by atoms with E-state index in [0.717, 1.165) is 36.5 Å². The normalized spacial score (nSPS) is 10.7. The molecule has 7 nitrogen and oxygen atoms in total. The molecule has 0 saturated carbocycles. The summed E-state index contributed by atoms with van der Waals surface area (Å²) in [5.41, 5.74) is 2.35. The van der Waals surface area contributed by atoms with Crippen molar-refractivity contribution in [2.24, 2.45) is 0 Å². The highest BCUT2D eigenvalue weighted by atomic mass is 16.1. The maximum absolute atomic E-state index is 12.3. The molecule has 0 bridgehead atoms. The molecule has 0 aliphatic heterocycles. The summed E-state index contributed by atoms with van der Waals surface area (Å²) in [7, 11) is 0. The summed E-state index contributed by atoms with van der Waals surface area (Å²) >= 11 is 0. The molecule has 0 atom stereocenters. The molecule has 27 heavy (non-hydrogen) atoms. The third-order valence-electron chi connectivity index (χ3n) is 4.37. The fraction of sp³-hybridized carbons (Fsp3) is 0.300. The van der Waals surface area contributed by atoms with E-state index in [1.807, 2.05) is 13.1 Å². The average molecular weight is 365 g/mol. The van der Waals surface area contributed by atoms with Gasteiger partial charge in [0.05, 0.1) is 11.3 Å². The van der Waals surface area contributed by atoms with Crippen molar-refractivity contribution in [1.29, 1.82) is 0 Å². The largest absolute Gasteiger partial charge is 0.352 e. The van der Waals surface area contributed by atoms with Crippen LogP contribution in [0.25, 0.3) is 11.1 Å². The standard InChI is InChI=1S/C20H23N5O2/c1-3-18-21-10-12-25(18)11-4-9-22-19(26)16-7-5-15(6-8-16)17-13-14(2)23-24-20(17)27/h5-8,10,12-13H,3-4,9,11H2,1-2H3,(H,22,26)(H,24,27). The number of imidazole rings is 1. The molecular weight excluding hydrogens is 342 g/mol. The number of nitrogens with one attached hydrogen (secondary N) is 2. The fourth-order valence-corrected chi connectivity index (χ4v) is 2.93. The molecule has 0 spiro atoms. The number of carbonyl (C=O) groups is 1. The molecule has 1 aromatic carbocycles. The summed E-state index contributed by atoms with van der Waals surface area (Å²) in [5, 5.41) is 9.27. The van der Waals surface area contributed by atoms with Crippen LogP contribution in [0.15, 0.2) is 47.5 Å². The summed E-state index contributed by atoms with van der Waals surface area (Å²) < 4.78 is 2.11. The zero-order chi connectivity index (χ0) is 19.2. The molecule has 0 aliphatic carbocycles. The monoisotopic (exact) mass is 365 g/mol. The number of hydrogen-bond acceptors (Lipinski definition) is 4. The number of H-pyrrole nitrogens is 1. The van der Waals surface area contributed by atoms with Gasteiger partial charge >= 0.3 is 0 Å². The van der Waals surface area contributed by atoms with Crippen molar-refractivity contribution in [2.75, 3.05) is 6.54 Å². The van der Waals surface area contributed by atoms with Gasteiger partial charge in [-0.15, -0.1) is 0 Å². The fourth-order valence-electron chi connectivity index (χ4n) is 2.93. The maximum Gasteiger partial charge on any atom is 0.272 e. The summed E-state index contributed by atoms with van der Waals surface area (Å²) in [6.07, 6.45) is 5.49. The number of aromatic amines is 1. The van der Waals surface area contributed by atoms with E-state index in [2.05, 4.69) is 32.0 Å². The lowest BCUT2D eigenvalue weighted by Crippen LogP contribution is -2.25. The van der Waals surface area contributed by atoms with Crippen LogP contribution in [-0.4, -0.2) is 32.2 Å². The summed E-state index contributed by atoms with van der Waals surface area (Å²) in [6, 6.07) is 8.74. The van der Waals surface area contributed by atoms with Gasteiger partial charge in [-0.25, -0.2) is 10.1 Å². The van der Waals surface area contributed by atoms with Crippen molar-refractivity contribution in [3.8, 4) is 11.1 Å². The van der Waals surface area contributed by atoms with Crippen molar-refractivity contribution in [1.82, 2.24) is 25.1 Å². The molecule has 3 aromatic rings. The van der Waals surface area contributed by atoms with Crippen LogP contribution in [-0.2, 0) is 13.0 Å². The quantitative estimate of drug-likeness (QED) is 0.629. The minimum Gasteiger partial charge on any atom is -0.352 e. The number of aromatic nitrogens is 4. The van der Waals surface area contributed by atoms with Crippen molar-refractivity contribution < 1.29 is 4.79 Å². The van der Waals surface area contributed by atoms with E-state index in [1.54, 1.807) is 36.5 Å². The number of rotatable bonds is 7. The van der Waals surface area contributed by atoms with Gasteiger partial charge in [-0.2, -0.15) is 5.10 Å². The zero-order valence-corrected chi connectivity index (χ0v) is 15.5. The molecule has 3 rings (SSSR count). The van der Waals surface area contributed by atoms with Crippen molar-refractivity contribution in [3.05, 3.63) is 70.2 Å². The topological polar surface area (TPSA) is 92.7 Å². The third kappa shape index (κ3) is 4.49. The predicted molar refractivity (Wildman–Crippen MR) is 104 cm³/mol. The molecule has 140 valence electrons. The Hall–Kier alpha value is -3.22. The zero-order valence-electron chi connectivity index (χ0n) is 15.5. The molecule has 0 radical (unpaired) electrons. The summed E-state index contributed by atoms with van der Waals surface area (Å²) in [6.45, 7) is 5.30. The second kappa shape index (κ2) is 8.44. The van der Waals surface area contributed by atoms with E-state index in [4.69, 9.17) is 0 Å². The summed E-state index contributed by atoms with van der Waals surface area (Å²) in [4.78, 5) is 28.5. The van der Waals surface area contributed by atoms with Crippen LogP contribution in [0, 0.1) is 6.92 Å². The molecule has 2 N–H and O–H groups in total. The Kier molecular flexibility index (Phi) is 5.80.